The SMILES string of the molecule is C1CC2CCNCC3(CCSCC3)N2C1. The average Bonchev–Trinajstić information content (AvgIpc) is 2.69. The third kappa shape index (κ3) is 1.83. The van der Waals surface area contributed by atoms with Crippen LogP contribution in [-0.4, -0.2) is 47.6 Å². The van der Waals surface area contributed by atoms with Gasteiger partial charge < -0.3 is 5.32 Å². The van der Waals surface area contributed by atoms with E-state index in [0.717, 1.165) is 6.04 Å². The Labute approximate surface area is 97.2 Å². The van der Waals surface area contributed by atoms with E-state index in [2.05, 4.69) is 22.0 Å². The fourth-order valence-corrected chi connectivity index (χ4v) is 4.92. The molecule has 0 radical (unpaired) electrons. The summed E-state index contributed by atoms with van der Waals surface area (Å²) in [5, 5.41) is 3.69. The first-order valence-electron chi connectivity index (χ1n) is 6.46. The summed E-state index contributed by atoms with van der Waals surface area (Å²) in [5.74, 6) is 2.76. The fourth-order valence-electron chi connectivity index (χ4n) is 3.67. The van der Waals surface area contributed by atoms with Crippen molar-refractivity contribution in [1.82, 2.24) is 10.2 Å². The number of hydrogen-bond acceptors (Lipinski definition) is 3. The number of rotatable bonds is 0. The van der Waals surface area contributed by atoms with E-state index in [0.29, 0.717) is 5.54 Å². The van der Waals surface area contributed by atoms with Crippen LogP contribution in [0, 0.1) is 0 Å². The van der Waals surface area contributed by atoms with Gasteiger partial charge in [-0.25, -0.2) is 0 Å². The van der Waals surface area contributed by atoms with Crippen molar-refractivity contribution >= 4 is 11.8 Å². The van der Waals surface area contributed by atoms with Crippen LogP contribution in [0.5, 0.6) is 0 Å². The lowest BCUT2D eigenvalue weighted by Crippen LogP contribution is -2.56. The highest BCUT2D eigenvalue weighted by molar-refractivity contribution is 7.99. The summed E-state index contributed by atoms with van der Waals surface area (Å²) in [6.07, 6.45) is 7.12. The Balaban J connectivity index is 1.83. The van der Waals surface area contributed by atoms with Gasteiger partial charge >= 0.3 is 0 Å². The van der Waals surface area contributed by atoms with Crippen molar-refractivity contribution in [2.24, 2.45) is 0 Å². The van der Waals surface area contributed by atoms with Crippen LogP contribution in [0.2, 0.25) is 0 Å². The molecule has 3 heterocycles. The monoisotopic (exact) mass is 226 g/mol. The molecule has 3 saturated heterocycles. The van der Waals surface area contributed by atoms with Gasteiger partial charge in [0.1, 0.15) is 0 Å². The summed E-state index contributed by atoms with van der Waals surface area (Å²) in [5.41, 5.74) is 0.545. The number of thioether (sulfide) groups is 1. The molecule has 1 N–H and O–H groups in total. The second-order valence-corrected chi connectivity index (χ2v) is 6.52. The van der Waals surface area contributed by atoms with Gasteiger partial charge in [0.25, 0.3) is 0 Å². The minimum atomic E-state index is 0.545. The molecule has 1 unspecified atom stereocenters. The topological polar surface area (TPSA) is 15.3 Å². The van der Waals surface area contributed by atoms with Gasteiger partial charge in [0.15, 0.2) is 0 Å². The minimum absolute atomic E-state index is 0.545. The molecule has 15 heavy (non-hydrogen) atoms. The van der Waals surface area contributed by atoms with Crippen molar-refractivity contribution in [3.05, 3.63) is 0 Å². The fraction of sp³-hybridized carbons (Fsp3) is 1.00. The van der Waals surface area contributed by atoms with Crippen LogP contribution in [-0.2, 0) is 0 Å². The molecule has 3 aliphatic rings. The largest absolute Gasteiger partial charge is 0.315 e. The van der Waals surface area contributed by atoms with Crippen molar-refractivity contribution in [2.75, 3.05) is 31.1 Å². The summed E-state index contributed by atoms with van der Waals surface area (Å²) in [7, 11) is 0. The van der Waals surface area contributed by atoms with Crippen LogP contribution >= 0.6 is 11.8 Å². The molecule has 0 amide bonds. The highest BCUT2D eigenvalue weighted by Gasteiger charge is 2.44. The molecule has 3 aliphatic heterocycles. The smallest absolute Gasteiger partial charge is 0.0352 e. The number of nitrogens with one attached hydrogen (secondary N) is 1. The summed E-state index contributed by atoms with van der Waals surface area (Å²) in [6.45, 7) is 3.87. The first-order chi connectivity index (χ1) is 7.41. The Kier molecular flexibility index (Phi) is 2.97. The lowest BCUT2D eigenvalue weighted by atomic mass is 9.89. The van der Waals surface area contributed by atoms with Crippen molar-refractivity contribution in [1.29, 1.82) is 0 Å². The second-order valence-electron chi connectivity index (χ2n) is 5.29. The van der Waals surface area contributed by atoms with Gasteiger partial charge in [-0.2, -0.15) is 11.8 Å². The predicted molar refractivity (Wildman–Crippen MR) is 66.5 cm³/mol. The Hall–Kier alpha value is 0.270. The standard InChI is InChI=1S/C12H22N2S/c1-2-11-3-6-13-10-12(14(11)7-1)4-8-15-9-5-12/h11,13H,1-10H2. The van der Waals surface area contributed by atoms with Crippen LogP contribution < -0.4 is 5.32 Å². The molecule has 86 valence electrons. The lowest BCUT2D eigenvalue weighted by Gasteiger charge is -2.46. The van der Waals surface area contributed by atoms with Crippen molar-refractivity contribution < 1.29 is 0 Å². The molecule has 3 rings (SSSR count). The van der Waals surface area contributed by atoms with E-state index in [1.807, 2.05) is 0 Å². The zero-order valence-corrected chi connectivity index (χ0v) is 10.3. The molecule has 0 aromatic heterocycles. The van der Waals surface area contributed by atoms with Crippen LogP contribution in [0.1, 0.15) is 32.1 Å². The summed E-state index contributed by atoms with van der Waals surface area (Å²) < 4.78 is 0. The van der Waals surface area contributed by atoms with Crippen LogP contribution in [0.3, 0.4) is 0 Å². The third-order valence-electron chi connectivity index (χ3n) is 4.52. The first kappa shape index (κ1) is 10.4. The Bertz CT molecular complexity index is 226. The lowest BCUT2D eigenvalue weighted by molar-refractivity contribution is 0.0771. The van der Waals surface area contributed by atoms with Crippen LogP contribution in [0.4, 0.5) is 0 Å². The molecule has 0 aliphatic carbocycles. The van der Waals surface area contributed by atoms with Gasteiger partial charge in [0.05, 0.1) is 0 Å². The molecule has 0 aromatic carbocycles. The Morgan fingerprint density at radius 3 is 2.93 bits per heavy atom. The molecule has 1 atom stereocenters. The molecule has 0 saturated carbocycles. The zero-order valence-electron chi connectivity index (χ0n) is 9.50. The Morgan fingerprint density at radius 2 is 2.07 bits per heavy atom. The molecule has 2 nitrogen and oxygen atoms in total. The van der Waals surface area contributed by atoms with Gasteiger partial charge in [-0.1, -0.05) is 0 Å². The van der Waals surface area contributed by atoms with Crippen molar-refractivity contribution in [3.63, 3.8) is 0 Å². The van der Waals surface area contributed by atoms with Gasteiger partial charge in [0.2, 0.25) is 0 Å². The molecule has 1 spiro atoms. The van der Waals surface area contributed by atoms with E-state index in [4.69, 9.17) is 0 Å². The van der Waals surface area contributed by atoms with E-state index < -0.39 is 0 Å². The minimum Gasteiger partial charge on any atom is -0.315 e. The predicted octanol–water partition coefficient (Wildman–Crippen LogP) is 1.71. The molecular weight excluding hydrogens is 204 g/mol. The van der Waals surface area contributed by atoms with Gasteiger partial charge in [-0.3, -0.25) is 4.90 Å². The molecular formula is C12H22N2S. The average molecular weight is 226 g/mol. The number of hydrogen-bond donors (Lipinski definition) is 1. The van der Waals surface area contributed by atoms with Crippen molar-refractivity contribution in [3.8, 4) is 0 Å². The highest BCUT2D eigenvalue weighted by atomic mass is 32.2. The highest BCUT2D eigenvalue weighted by Crippen LogP contribution is 2.38. The van der Waals surface area contributed by atoms with Crippen LogP contribution in [0.15, 0.2) is 0 Å². The van der Waals surface area contributed by atoms with E-state index in [9.17, 15) is 0 Å². The van der Waals surface area contributed by atoms with E-state index >= 15 is 0 Å². The summed E-state index contributed by atoms with van der Waals surface area (Å²) >= 11 is 2.15. The molecule has 3 heteroatoms. The Morgan fingerprint density at radius 1 is 1.20 bits per heavy atom. The van der Waals surface area contributed by atoms with Crippen molar-refractivity contribution in [2.45, 2.75) is 43.7 Å². The summed E-state index contributed by atoms with van der Waals surface area (Å²) in [6, 6.07) is 0.906. The van der Waals surface area contributed by atoms with Crippen LogP contribution in [0.25, 0.3) is 0 Å². The van der Waals surface area contributed by atoms with E-state index in [1.54, 1.807) is 0 Å². The molecule has 0 aromatic rings. The zero-order chi connectivity index (χ0) is 10.1. The van der Waals surface area contributed by atoms with Gasteiger partial charge in [-0.15, -0.1) is 0 Å². The number of fused-ring (bicyclic) bond motifs is 2. The van der Waals surface area contributed by atoms with Gasteiger partial charge in [0, 0.05) is 18.1 Å². The van der Waals surface area contributed by atoms with E-state index in [-0.39, 0.29) is 0 Å². The quantitative estimate of drug-likeness (QED) is 0.677. The summed E-state index contributed by atoms with van der Waals surface area (Å²) in [4.78, 5) is 2.88. The first-order valence-corrected chi connectivity index (χ1v) is 7.61. The maximum Gasteiger partial charge on any atom is 0.0352 e. The number of nitrogens with zero attached hydrogens (tertiary/aromatic N) is 1. The third-order valence-corrected chi connectivity index (χ3v) is 5.50. The van der Waals surface area contributed by atoms with E-state index in [1.165, 1.54) is 63.2 Å². The molecule has 3 fully saturated rings. The molecule has 0 bridgehead atoms. The maximum absolute atomic E-state index is 3.69. The second kappa shape index (κ2) is 4.27. The van der Waals surface area contributed by atoms with Gasteiger partial charge in [-0.05, 0) is 56.7 Å². The normalized spacial score (nSPS) is 36.4. The maximum atomic E-state index is 3.69.